The van der Waals surface area contributed by atoms with Gasteiger partial charge in [-0.05, 0) is 40.9 Å². The third-order valence-corrected chi connectivity index (χ3v) is 3.63. The van der Waals surface area contributed by atoms with E-state index in [1.165, 1.54) is 6.20 Å². The molecule has 2 rings (SSSR count). The number of halogens is 1. The van der Waals surface area contributed by atoms with Gasteiger partial charge in [0.2, 0.25) is 5.91 Å². The lowest BCUT2D eigenvalue weighted by atomic mass is 9.95. The Labute approximate surface area is 113 Å². The van der Waals surface area contributed by atoms with E-state index in [1.807, 2.05) is 0 Å². The van der Waals surface area contributed by atoms with Crippen molar-refractivity contribution in [3.63, 3.8) is 0 Å². The fourth-order valence-corrected chi connectivity index (χ4v) is 2.49. The Balaban J connectivity index is 2.03. The Kier molecular flexibility index (Phi) is 3.96. The number of carbonyl (C=O) groups excluding carboxylic acids is 1. The topological polar surface area (TPSA) is 79.3 Å². The van der Waals surface area contributed by atoms with Crippen LogP contribution >= 0.6 is 15.9 Å². The molecule has 1 fully saturated rings. The van der Waals surface area contributed by atoms with E-state index in [0.29, 0.717) is 23.1 Å². The van der Waals surface area contributed by atoms with Crippen molar-refractivity contribution in [3.05, 3.63) is 22.9 Å². The molecule has 96 valence electrons. The minimum absolute atomic E-state index is 0.232. The van der Waals surface area contributed by atoms with Crippen LogP contribution in [0.5, 0.6) is 0 Å². The lowest BCUT2D eigenvalue weighted by Gasteiger charge is -2.15. The standard InChI is InChI=1S/C12H13BrN2O3/c13-10-5-4-7(6-14-10)15-11(16)8-2-1-3-9(8)12(17)18/h4-6,8-9H,1-3H2,(H,15,16)(H,17,18)/t8-,9+/m1/s1. The van der Waals surface area contributed by atoms with Crippen LogP contribution in [0.1, 0.15) is 19.3 Å². The van der Waals surface area contributed by atoms with Crippen molar-refractivity contribution in [2.24, 2.45) is 11.8 Å². The third kappa shape index (κ3) is 2.87. The highest BCUT2D eigenvalue weighted by molar-refractivity contribution is 9.10. The maximum absolute atomic E-state index is 12.0. The van der Waals surface area contributed by atoms with E-state index >= 15 is 0 Å². The second kappa shape index (κ2) is 5.48. The van der Waals surface area contributed by atoms with E-state index in [1.54, 1.807) is 12.1 Å². The van der Waals surface area contributed by atoms with Gasteiger partial charge >= 0.3 is 5.97 Å². The zero-order valence-electron chi connectivity index (χ0n) is 9.60. The van der Waals surface area contributed by atoms with E-state index in [2.05, 4.69) is 26.2 Å². The molecule has 2 atom stereocenters. The number of hydrogen-bond acceptors (Lipinski definition) is 3. The average Bonchev–Trinajstić information content (AvgIpc) is 2.81. The van der Waals surface area contributed by atoms with Crippen LogP contribution in [0.25, 0.3) is 0 Å². The lowest BCUT2D eigenvalue weighted by Crippen LogP contribution is -2.30. The first kappa shape index (κ1) is 13.0. The molecule has 2 N–H and O–H groups in total. The number of hydrogen-bond donors (Lipinski definition) is 2. The van der Waals surface area contributed by atoms with Crippen molar-refractivity contribution in [3.8, 4) is 0 Å². The predicted molar refractivity (Wildman–Crippen MR) is 69.0 cm³/mol. The van der Waals surface area contributed by atoms with Crippen molar-refractivity contribution in [1.82, 2.24) is 4.98 Å². The summed E-state index contributed by atoms with van der Waals surface area (Å²) in [6, 6.07) is 3.44. The molecular weight excluding hydrogens is 300 g/mol. The van der Waals surface area contributed by atoms with Gasteiger partial charge in [0.1, 0.15) is 4.60 Å². The number of pyridine rings is 1. The number of nitrogens with zero attached hydrogens (tertiary/aromatic N) is 1. The average molecular weight is 313 g/mol. The van der Waals surface area contributed by atoms with Gasteiger partial charge in [-0.3, -0.25) is 9.59 Å². The quantitative estimate of drug-likeness (QED) is 0.839. The van der Waals surface area contributed by atoms with Gasteiger partial charge in [0.25, 0.3) is 0 Å². The van der Waals surface area contributed by atoms with Gasteiger partial charge in [0.15, 0.2) is 0 Å². The molecule has 1 aliphatic carbocycles. The number of carbonyl (C=O) groups is 2. The molecule has 0 unspecified atom stereocenters. The molecule has 0 aromatic carbocycles. The summed E-state index contributed by atoms with van der Waals surface area (Å²) in [5.74, 6) is -2.12. The molecule has 1 aromatic heterocycles. The highest BCUT2D eigenvalue weighted by Gasteiger charge is 2.37. The predicted octanol–water partition coefficient (Wildman–Crippen LogP) is 2.28. The lowest BCUT2D eigenvalue weighted by molar-refractivity contribution is -0.145. The van der Waals surface area contributed by atoms with Crippen molar-refractivity contribution < 1.29 is 14.7 Å². The monoisotopic (exact) mass is 312 g/mol. The Morgan fingerprint density at radius 1 is 1.33 bits per heavy atom. The molecule has 1 saturated carbocycles. The molecule has 0 spiro atoms. The van der Waals surface area contributed by atoms with Crippen molar-refractivity contribution in [2.45, 2.75) is 19.3 Å². The molecular formula is C12H13BrN2O3. The SMILES string of the molecule is O=C(O)[C@H]1CCC[C@H]1C(=O)Nc1ccc(Br)nc1. The Bertz CT molecular complexity index is 461. The summed E-state index contributed by atoms with van der Waals surface area (Å²) in [5, 5.41) is 11.7. The van der Waals surface area contributed by atoms with Crippen molar-refractivity contribution in [2.75, 3.05) is 5.32 Å². The highest BCUT2D eigenvalue weighted by atomic mass is 79.9. The number of aliphatic carboxylic acids is 1. The number of carboxylic acid groups (broad SMARTS) is 1. The van der Waals surface area contributed by atoms with Crippen molar-refractivity contribution >= 4 is 33.5 Å². The molecule has 18 heavy (non-hydrogen) atoms. The minimum Gasteiger partial charge on any atom is -0.481 e. The van der Waals surface area contributed by atoms with Gasteiger partial charge in [-0.15, -0.1) is 0 Å². The summed E-state index contributed by atoms with van der Waals surface area (Å²) in [6.07, 6.45) is 3.53. The molecule has 0 bridgehead atoms. The van der Waals surface area contributed by atoms with Crippen molar-refractivity contribution in [1.29, 1.82) is 0 Å². The fourth-order valence-electron chi connectivity index (χ4n) is 2.25. The largest absolute Gasteiger partial charge is 0.481 e. The summed E-state index contributed by atoms with van der Waals surface area (Å²) in [7, 11) is 0. The molecule has 0 radical (unpaired) electrons. The Morgan fingerprint density at radius 2 is 2.06 bits per heavy atom. The van der Waals surface area contributed by atoms with Gasteiger partial charge in [-0.2, -0.15) is 0 Å². The molecule has 0 saturated heterocycles. The smallest absolute Gasteiger partial charge is 0.307 e. The second-order valence-electron chi connectivity index (χ2n) is 4.34. The van der Waals surface area contributed by atoms with Crippen LogP contribution in [0, 0.1) is 11.8 Å². The van der Waals surface area contributed by atoms with Crippen LogP contribution in [-0.2, 0) is 9.59 Å². The first-order valence-electron chi connectivity index (χ1n) is 5.73. The van der Waals surface area contributed by atoms with Crippen LogP contribution in [0.2, 0.25) is 0 Å². The second-order valence-corrected chi connectivity index (χ2v) is 5.15. The summed E-state index contributed by atoms with van der Waals surface area (Å²) >= 11 is 3.21. The van der Waals surface area contributed by atoms with Crippen LogP contribution < -0.4 is 5.32 Å². The van der Waals surface area contributed by atoms with Gasteiger partial charge in [0, 0.05) is 0 Å². The molecule has 1 amide bonds. The minimum atomic E-state index is -0.887. The molecule has 1 aliphatic rings. The Hall–Kier alpha value is -1.43. The van der Waals surface area contributed by atoms with E-state index in [4.69, 9.17) is 5.11 Å². The molecule has 0 aliphatic heterocycles. The summed E-state index contributed by atoms with van der Waals surface area (Å²) < 4.78 is 0.685. The van der Waals surface area contributed by atoms with Crippen LogP contribution in [0.3, 0.4) is 0 Å². The third-order valence-electron chi connectivity index (χ3n) is 3.16. The maximum atomic E-state index is 12.0. The highest BCUT2D eigenvalue weighted by Crippen LogP contribution is 2.32. The number of carboxylic acids is 1. The molecule has 5 nitrogen and oxygen atoms in total. The number of aromatic nitrogens is 1. The first-order chi connectivity index (χ1) is 8.58. The van der Waals surface area contributed by atoms with Gasteiger partial charge in [-0.25, -0.2) is 4.98 Å². The van der Waals surface area contributed by atoms with E-state index in [-0.39, 0.29) is 5.91 Å². The van der Waals surface area contributed by atoms with Gasteiger partial charge in [0.05, 0.1) is 23.7 Å². The van der Waals surface area contributed by atoms with E-state index in [9.17, 15) is 9.59 Å². The summed E-state index contributed by atoms with van der Waals surface area (Å²) in [6.45, 7) is 0. The normalized spacial score (nSPS) is 22.7. The zero-order chi connectivity index (χ0) is 13.1. The van der Waals surface area contributed by atoms with Crippen LogP contribution in [0.4, 0.5) is 5.69 Å². The fraction of sp³-hybridized carbons (Fsp3) is 0.417. The van der Waals surface area contributed by atoms with Gasteiger partial charge < -0.3 is 10.4 Å². The summed E-state index contributed by atoms with van der Waals surface area (Å²) in [5.41, 5.74) is 0.583. The van der Waals surface area contributed by atoms with E-state index in [0.717, 1.165) is 6.42 Å². The number of anilines is 1. The number of rotatable bonds is 3. The van der Waals surface area contributed by atoms with Crippen LogP contribution in [-0.4, -0.2) is 22.0 Å². The number of nitrogens with one attached hydrogen (secondary N) is 1. The summed E-state index contributed by atoms with van der Waals surface area (Å²) in [4.78, 5) is 27.0. The molecule has 6 heteroatoms. The van der Waals surface area contributed by atoms with E-state index < -0.39 is 17.8 Å². The first-order valence-corrected chi connectivity index (χ1v) is 6.52. The number of amides is 1. The van der Waals surface area contributed by atoms with Gasteiger partial charge in [-0.1, -0.05) is 6.42 Å². The Morgan fingerprint density at radius 3 is 2.67 bits per heavy atom. The maximum Gasteiger partial charge on any atom is 0.307 e. The molecule has 1 heterocycles. The zero-order valence-corrected chi connectivity index (χ0v) is 11.2. The molecule has 1 aromatic rings. The van der Waals surface area contributed by atoms with Crippen LogP contribution in [0.15, 0.2) is 22.9 Å².